The summed E-state index contributed by atoms with van der Waals surface area (Å²) in [5, 5.41) is 9.86. The van der Waals surface area contributed by atoms with E-state index in [0.717, 1.165) is 24.8 Å². The summed E-state index contributed by atoms with van der Waals surface area (Å²) in [7, 11) is 0. The first kappa shape index (κ1) is 19.3. The van der Waals surface area contributed by atoms with Crippen molar-refractivity contribution < 1.29 is 24.5 Å². The molecule has 3 rings (SSSR count). The van der Waals surface area contributed by atoms with E-state index in [2.05, 4.69) is 6.92 Å². The average molecular weight is 368 g/mol. The molecule has 5 nitrogen and oxygen atoms in total. The molecular weight excluding hydrogens is 344 g/mol. The third kappa shape index (κ3) is 3.53. The smallest absolute Gasteiger partial charge is 0.308 e. The Hall–Kier alpha value is -2.50. The maximum Gasteiger partial charge on any atom is 0.308 e. The van der Waals surface area contributed by atoms with Crippen molar-refractivity contribution in [1.29, 1.82) is 0 Å². The van der Waals surface area contributed by atoms with Gasteiger partial charge in [0.25, 0.3) is 5.79 Å². The second kappa shape index (κ2) is 8.03. The molecule has 2 aromatic carbocycles. The number of ketones is 1. The van der Waals surface area contributed by atoms with Crippen molar-refractivity contribution in [2.75, 3.05) is 0 Å². The molecule has 1 atom stereocenters. The third-order valence-electron chi connectivity index (χ3n) is 4.92. The lowest BCUT2D eigenvalue weighted by atomic mass is 9.80. The Kier molecular flexibility index (Phi) is 5.73. The minimum atomic E-state index is -1.84. The van der Waals surface area contributed by atoms with Crippen molar-refractivity contribution in [2.45, 2.75) is 51.7 Å². The molecule has 0 radical (unpaired) electrons. The number of rotatable bonds is 7. The molecule has 0 saturated carbocycles. The fraction of sp³-hybridized carbons (Fsp3) is 0.364. The SMILES string of the molecule is CCCCCCC(=O)OC1(OO)c2ccccc2C(=O)c2cc(C)ccc21. The zero-order valence-electron chi connectivity index (χ0n) is 15.7. The highest BCUT2D eigenvalue weighted by molar-refractivity contribution is 6.13. The first-order valence-corrected chi connectivity index (χ1v) is 9.33. The van der Waals surface area contributed by atoms with Gasteiger partial charge in [-0.05, 0) is 19.4 Å². The van der Waals surface area contributed by atoms with Crippen LogP contribution in [0.25, 0.3) is 0 Å². The first-order chi connectivity index (χ1) is 13.0. The monoisotopic (exact) mass is 368 g/mol. The van der Waals surface area contributed by atoms with E-state index in [0.29, 0.717) is 28.7 Å². The van der Waals surface area contributed by atoms with Crippen LogP contribution < -0.4 is 0 Å². The number of hydrogen-bond donors (Lipinski definition) is 1. The van der Waals surface area contributed by atoms with Gasteiger partial charge in [-0.2, -0.15) is 4.89 Å². The number of esters is 1. The summed E-state index contributed by atoms with van der Waals surface area (Å²) in [5.74, 6) is -2.50. The van der Waals surface area contributed by atoms with Crippen molar-refractivity contribution in [1.82, 2.24) is 0 Å². The fourth-order valence-corrected chi connectivity index (χ4v) is 3.53. The Morgan fingerprint density at radius 2 is 1.78 bits per heavy atom. The van der Waals surface area contributed by atoms with Crippen LogP contribution in [0.5, 0.6) is 0 Å². The molecule has 0 heterocycles. The largest absolute Gasteiger partial charge is 0.421 e. The summed E-state index contributed by atoms with van der Waals surface area (Å²) < 4.78 is 5.69. The number of fused-ring (bicyclic) bond motifs is 2. The molecule has 0 aliphatic heterocycles. The van der Waals surface area contributed by atoms with Crippen LogP contribution in [0.3, 0.4) is 0 Å². The molecular formula is C22H24O5. The molecule has 0 aromatic heterocycles. The number of carbonyl (C=O) groups excluding carboxylic acids is 2. The molecule has 2 aromatic rings. The van der Waals surface area contributed by atoms with Crippen molar-refractivity contribution >= 4 is 11.8 Å². The van der Waals surface area contributed by atoms with Crippen LogP contribution in [0.1, 0.15) is 71.6 Å². The second-order valence-corrected chi connectivity index (χ2v) is 6.92. The van der Waals surface area contributed by atoms with Crippen molar-refractivity contribution in [3.8, 4) is 0 Å². The predicted octanol–water partition coefficient (Wildman–Crippen LogP) is 4.74. The van der Waals surface area contributed by atoms with Crippen molar-refractivity contribution in [2.24, 2.45) is 0 Å². The van der Waals surface area contributed by atoms with Gasteiger partial charge in [-0.3, -0.25) is 9.59 Å². The van der Waals surface area contributed by atoms with Gasteiger partial charge in [0, 0.05) is 28.7 Å². The van der Waals surface area contributed by atoms with Gasteiger partial charge in [-0.1, -0.05) is 68.1 Å². The maximum atomic E-state index is 12.9. The molecule has 27 heavy (non-hydrogen) atoms. The van der Waals surface area contributed by atoms with E-state index in [1.807, 2.05) is 6.92 Å². The Morgan fingerprint density at radius 3 is 2.52 bits per heavy atom. The van der Waals surface area contributed by atoms with E-state index in [1.165, 1.54) is 0 Å². The summed E-state index contributed by atoms with van der Waals surface area (Å²) in [6.45, 7) is 3.97. The Bertz CT molecular complexity index is 858. The van der Waals surface area contributed by atoms with Gasteiger partial charge in [0.15, 0.2) is 5.78 Å². The standard InChI is InChI=1S/C22H24O5/c1-3-4-5-6-11-20(23)26-22(27-25)18-10-8-7-9-16(18)21(24)17-14-15(2)12-13-19(17)22/h7-10,12-14,25H,3-6,11H2,1-2H3. The number of aryl methyl sites for hydroxylation is 1. The van der Waals surface area contributed by atoms with Crippen LogP contribution in [-0.2, 0) is 20.2 Å². The van der Waals surface area contributed by atoms with Gasteiger partial charge in [-0.15, -0.1) is 0 Å². The molecule has 1 aliphatic carbocycles. The molecule has 0 bridgehead atoms. The molecule has 0 saturated heterocycles. The molecule has 0 fully saturated rings. The van der Waals surface area contributed by atoms with Crippen molar-refractivity contribution in [3.05, 3.63) is 70.3 Å². The van der Waals surface area contributed by atoms with E-state index >= 15 is 0 Å². The quantitative estimate of drug-likeness (QED) is 0.251. The van der Waals surface area contributed by atoms with Crippen LogP contribution in [0.2, 0.25) is 0 Å². The number of hydrogen-bond acceptors (Lipinski definition) is 5. The molecule has 1 N–H and O–H groups in total. The van der Waals surface area contributed by atoms with Gasteiger partial charge < -0.3 is 4.74 Å². The summed E-state index contributed by atoms with van der Waals surface area (Å²) in [6, 6.07) is 11.9. The molecule has 1 aliphatic rings. The number of carbonyl (C=O) groups is 2. The topological polar surface area (TPSA) is 72.8 Å². The maximum absolute atomic E-state index is 12.9. The third-order valence-corrected chi connectivity index (χ3v) is 4.92. The van der Waals surface area contributed by atoms with E-state index in [4.69, 9.17) is 9.62 Å². The molecule has 5 heteroatoms. The van der Waals surface area contributed by atoms with E-state index in [1.54, 1.807) is 42.5 Å². The van der Waals surface area contributed by atoms with Crippen molar-refractivity contribution in [3.63, 3.8) is 0 Å². The Labute approximate surface area is 158 Å². The highest BCUT2D eigenvalue weighted by Gasteiger charge is 2.49. The van der Waals surface area contributed by atoms with E-state index < -0.39 is 11.8 Å². The summed E-state index contributed by atoms with van der Waals surface area (Å²) in [5.41, 5.74) is 2.26. The lowest BCUT2D eigenvalue weighted by Crippen LogP contribution is -2.41. The van der Waals surface area contributed by atoms with Gasteiger partial charge in [0.2, 0.25) is 0 Å². The second-order valence-electron chi connectivity index (χ2n) is 6.92. The van der Waals surface area contributed by atoms with Crippen LogP contribution >= 0.6 is 0 Å². The average Bonchev–Trinajstić information content (AvgIpc) is 2.68. The Morgan fingerprint density at radius 1 is 1.04 bits per heavy atom. The predicted molar refractivity (Wildman–Crippen MR) is 100 cm³/mol. The number of unbranched alkanes of at least 4 members (excludes halogenated alkanes) is 3. The minimum absolute atomic E-state index is 0.184. The van der Waals surface area contributed by atoms with E-state index in [9.17, 15) is 14.8 Å². The minimum Gasteiger partial charge on any atom is -0.421 e. The fourth-order valence-electron chi connectivity index (χ4n) is 3.53. The molecule has 1 unspecified atom stereocenters. The van der Waals surface area contributed by atoms with Crippen LogP contribution in [0, 0.1) is 6.92 Å². The van der Waals surface area contributed by atoms with Gasteiger partial charge in [0.05, 0.1) is 0 Å². The zero-order chi connectivity index (χ0) is 19.4. The lowest BCUT2D eigenvalue weighted by Gasteiger charge is -2.36. The number of ether oxygens (including phenoxy) is 1. The normalized spacial score (nSPS) is 18.0. The zero-order valence-corrected chi connectivity index (χ0v) is 15.7. The van der Waals surface area contributed by atoms with Crippen LogP contribution in [-0.4, -0.2) is 17.0 Å². The summed E-state index contributed by atoms with van der Waals surface area (Å²) in [4.78, 5) is 30.2. The molecule has 142 valence electrons. The highest BCUT2D eigenvalue weighted by Crippen LogP contribution is 2.43. The lowest BCUT2D eigenvalue weighted by molar-refractivity contribution is -0.384. The molecule has 0 amide bonds. The summed E-state index contributed by atoms with van der Waals surface area (Å²) >= 11 is 0. The Balaban J connectivity index is 2.02. The van der Waals surface area contributed by atoms with Crippen LogP contribution in [0.4, 0.5) is 0 Å². The first-order valence-electron chi connectivity index (χ1n) is 9.33. The van der Waals surface area contributed by atoms with Gasteiger partial charge >= 0.3 is 5.97 Å². The highest BCUT2D eigenvalue weighted by atomic mass is 17.1. The van der Waals surface area contributed by atoms with Gasteiger partial charge in [0.1, 0.15) is 0 Å². The summed E-state index contributed by atoms with van der Waals surface area (Å²) in [6.07, 6.45) is 3.98. The van der Waals surface area contributed by atoms with Crippen LogP contribution in [0.15, 0.2) is 42.5 Å². The molecule has 0 spiro atoms. The van der Waals surface area contributed by atoms with Gasteiger partial charge in [-0.25, -0.2) is 5.26 Å². The van der Waals surface area contributed by atoms with E-state index in [-0.39, 0.29) is 12.2 Å². The number of benzene rings is 2.